The number of hydrogen-bond acceptors (Lipinski definition) is 0. The highest BCUT2D eigenvalue weighted by Crippen LogP contribution is 2.56. The Morgan fingerprint density at radius 1 is 0.619 bits per heavy atom. The SMILES string of the molecule is F/C(=C(/F)C(F)(F)C(F)(F)C(F)(F)C(F)(F)F)[B-](F)(F)F. The maximum Gasteiger partial charge on any atom is 0.540 e. The molecule has 0 spiro atoms. The van der Waals surface area contributed by atoms with Crippen molar-refractivity contribution in [1.29, 1.82) is 0 Å². The summed E-state index contributed by atoms with van der Waals surface area (Å²) in [5, 5.41) is 0. The van der Waals surface area contributed by atoms with Crippen molar-refractivity contribution in [3.8, 4) is 0 Å². The Morgan fingerprint density at radius 2 is 0.952 bits per heavy atom. The molecule has 0 aromatic carbocycles. The average molecular weight is 349 g/mol. The molecule has 0 unspecified atom stereocenters. The molecule has 0 aliphatic rings. The van der Waals surface area contributed by atoms with Gasteiger partial charge in [-0.3, -0.25) is 0 Å². The molecule has 0 aromatic heterocycles. The Balaban J connectivity index is 6.15. The van der Waals surface area contributed by atoms with E-state index in [1.807, 2.05) is 0 Å². The van der Waals surface area contributed by atoms with Crippen molar-refractivity contribution in [2.75, 3.05) is 0 Å². The molecular formula is C6BF14-. The molecule has 0 amide bonds. The normalized spacial score (nSPS) is 16.9. The summed E-state index contributed by atoms with van der Waals surface area (Å²) in [7, 11) is 0. The van der Waals surface area contributed by atoms with Gasteiger partial charge in [0, 0.05) is 0 Å². The fourth-order valence-electron chi connectivity index (χ4n) is 0.807. The van der Waals surface area contributed by atoms with E-state index >= 15 is 0 Å². The van der Waals surface area contributed by atoms with Crippen molar-refractivity contribution in [2.24, 2.45) is 0 Å². The summed E-state index contributed by atoms with van der Waals surface area (Å²) < 4.78 is 168. The number of halogens is 14. The number of hydrogen-bond donors (Lipinski definition) is 0. The molecule has 0 bridgehead atoms. The van der Waals surface area contributed by atoms with Crippen molar-refractivity contribution in [1.82, 2.24) is 0 Å². The van der Waals surface area contributed by atoms with Crippen LogP contribution in [-0.2, 0) is 0 Å². The molecule has 0 saturated carbocycles. The molecule has 21 heavy (non-hydrogen) atoms. The third-order valence-corrected chi connectivity index (χ3v) is 1.92. The van der Waals surface area contributed by atoms with Crippen molar-refractivity contribution in [3.63, 3.8) is 0 Å². The summed E-state index contributed by atoms with van der Waals surface area (Å²) in [5.41, 5.74) is -4.50. The fraction of sp³-hybridized carbons (Fsp3) is 0.667. The highest BCUT2D eigenvalue weighted by atomic mass is 19.4. The molecule has 0 aliphatic carbocycles. The molecule has 0 radical (unpaired) electrons. The van der Waals surface area contributed by atoms with Crippen molar-refractivity contribution >= 4 is 6.98 Å². The largest absolute Gasteiger partial charge is 0.540 e. The summed E-state index contributed by atoms with van der Waals surface area (Å²) in [5.74, 6) is -27.5. The number of alkyl halides is 9. The molecule has 0 rings (SSSR count). The lowest BCUT2D eigenvalue weighted by atomic mass is 9.86. The van der Waals surface area contributed by atoms with Crippen LogP contribution in [0, 0.1) is 0 Å². The lowest BCUT2D eigenvalue weighted by molar-refractivity contribution is -0.391. The van der Waals surface area contributed by atoms with Gasteiger partial charge in [0.15, 0.2) is 5.83 Å². The lowest BCUT2D eigenvalue weighted by Crippen LogP contribution is -2.61. The molecule has 0 aliphatic heterocycles. The molecule has 0 fully saturated rings. The minimum atomic E-state index is -7.71. The smallest absolute Gasteiger partial charge is 0.443 e. The molecule has 126 valence electrons. The Bertz CT molecular complexity index is 424. The van der Waals surface area contributed by atoms with Gasteiger partial charge >= 0.3 is 30.9 Å². The van der Waals surface area contributed by atoms with Crippen LogP contribution in [0.2, 0.25) is 0 Å². The van der Waals surface area contributed by atoms with Gasteiger partial charge in [0.05, 0.1) is 5.73 Å². The van der Waals surface area contributed by atoms with Crippen LogP contribution in [0.25, 0.3) is 0 Å². The summed E-state index contributed by atoms with van der Waals surface area (Å²) in [6, 6.07) is 0. The maximum absolute atomic E-state index is 12.5. The van der Waals surface area contributed by atoms with E-state index in [9.17, 15) is 61.2 Å². The molecule has 0 saturated heterocycles. The first-order valence-corrected chi connectivity index (χ1v) is 4.27. The molecule has 0 heterocycles. The summed E-state index contributed by atoms with van der Waals surface area (Å²) in [4.78, 5) is 0. The average Bonchev–Trinajstić information content (AvgIpc) is 2.23. The second-order valence-corrected chi connectivity index (χ2v) is 3.46. The standard InChI is InChI=1S/C6BF14/c8-1(2(9)7(19,20)21)3(10,11)4(12,13)5(14,15)6(16,17)18/q-1/b2-1+. The number of allylic oxidation sites excluding steroid dienone is 1. The van der Waals surface area contributed by atoms with Gasteiger partial charge in [0.1, 0.15) is 0 Å². The van der Waals surface area contributed by atoms with E-state index in [0.717, 1.165) is 0 Å². The maximum atomic E-state index is 12.5. The zero-order valence-electron chi connectivity index (χ0n) is 8.87. The van der Waals surface area contributed by atoms with Gasteiger partial charge in [-0.15, -0.1) is 0 Å². The van der Waals surface area contributed by atoms with E-state index in [4.69, 9.17) is 0 Å². The molecule has 0 nitrogen and oxygen atoms in total. The van der Waals surface area contributed by atoms with Crippen LogP contribution in [0.4, 0.5) is 61.2 Å². The van der Waals surface area contributed by atoms with Gasteiger partial charge in [0.2, 0.25) is 0 Å². The van der Waals surface area contributed by atoms with Crippen LogP contribution in [0.1, 0.15) is 0 Å². The number of rotatable bonds is 4. The molecular weight excluding hydrogens is 349 g/mol. The van der Waals surface area contributed by atoms with Gasteiger partial charge in [-0.1, -0.05) is 0 Å². The first-order chi connectivity index (χ1) is 8.82. The van der Waals surface area contributed by atoms with E-state index < -0.39 is 42.5 Å². The van der Waals surface area contributed by atoms with Gasteiger partial charge in [-0.2, -0.15) is 39.5 Å². The third-order valence-electron chi connectivity index (χ3n) is 1.92. The Labute approximate surface area is 105 Å². The van der Waals surface area contributed by atoms with Gasteiger partial charge in [0.25, 0.3) is 0 Å². The highest BCUT2D eigenvalue weighted by Gasteiger charge is 2.83. The summed E-state index contributed by atoms with van der Waals surface area (Å²) >= 11 is 0. The summed E-state index contributed by atoms with van der Waals surface area (Å²) in [6.07, 6.45) is -7.36. The van der Waals surface area contributed by atoms with E-state index in [1.165, 1.54) is 0 Å². The second-order valence-electron chi connectivity index (χ2n) is 3.46. The van der Waals surface area contributed by atoms with E-state index in [-0.39, 0.29) is 0 Å². The van der Waals surface area contributed by atoms with Crippen LogP contribution >= 0.6 is 0 Å². The third kappa shape index (κ3) is 3.05. The first-order valence-electron chi connectivity index (χ1n) is 4.27. The predicted molar refractivity (Wildman–Crippen MR) is 39.2 cm³/mol. The summed E-state index contributed by atoms with van der Waals surface area (Å²) in [6.45, 7) is -7.31. The highest BCUT2D eigenvalue weighted by molar-refractivity contribution is 6.66. The minimum absolute atomic E-state index is 4.50. The Kier molecular flexibility index (Phi) is 4.66. The lowest BCUT2D eigenvalue weighted by Gasteiger charge is -2.33. The minimum Gasteiger partial charge on any atom is -0.443 e. The topological polar surface area (TPSA) is 0 Å². The predicted octanol–water partition coefficient (Wildman–Crippen LogP) is 4.99. The Morgan fingerprint density at radius 3 is 1.19 bits per heavy atom. The van der Waals surface area contributed by atoms with E-state index in [1.54, 1.807) is 0 Å². The first kappa shape index (κ1) is 19.8. The molecule has 0 atom stereocenters. The van der Waals surface area contributed by atoms with Crippen LogP contribution in [0.15, 0.2) is 11.6 Å². The Hall–Kier alpha value is -1.18. The van der Waals surface area contributed by atoms with Crippen molar-refractivity contribution in [2.45, 2.75) is 23.9 Å². The molecule has 15 heteroatoms. The van der Waals surface area contributed by atoms with Crippen LogP contribution in [-0.4, -0.2) is 30.9 Å². The second kappa shape index (κ2) is 4.93. The van der Waals surface area contributed by atoms with Crippen LogP contribution < -0.4 is 0 Å². The van der Waals surface area contributed by atoms with Gasteiger partial charge in [-0.25, -0.2) is 8.78 Å². The van der Waals surface area contributed by atoms with E-state index in [0.29, 0.717) is 0 Å². The van der Waals surface area contributed by atoms with E-state index in [2.05, 4.69) is 0 Å². The van der Waals surface area contributed by atoms with Crippen molar-refractivity contribution in [3.05, 3.63) is 11.6 Å². The zero-order chi connectivity index (χ0) is 17.7. The van der Waals surface area contributed by atoms with Gasteiger partial charge in [-0.05, 0) is 0 Å². The van der Waals surface area contributed by atoms with Crippen LogP contribution in [0.5, 0.6) is 0 Å². The monoisotopic (exact) mass is 349 g/mol. The molecule has 0 N–H and O–H groups in total. The molecule has 0 aromatic rings. The fourth-order valence-corrected chi connectivity index (χ4v) is 0.807. The van der Waals surface area contributed by atoms with Crippen LogP contribution in [0.3, 0.4) is 0 Å². The van der Waals surface area contributed by atoms with Gasteiger partial charge < -0.3 is 12.9 Å². The quantitative estimate of drug-likeness (QED) is 0.496. The zero-order valence-corrected chi connectivity index (χ0v) is 8.87. The van der Waals surface area contributed by atoms with Crippen molar-refractivity contribution < 1.29 is 61.2 Å².